The lowest BCUT2D eigenvalue weighted by molar-refractivity contribution is 0.102. The summed E-state index contributed by atoms with van der Waals surface area (Å²) in [5, 5.41) is 4.54. The van der Waals surface area contributed by atoms with Crippen LogP contribution < -0.4 is 16.6 Å². The number of rotatable bonds is 4. The second-order valence-corrected chi connectivity index (χ2v) is 7.30. The molecular formula is C17H14BrN3O3S. The molecule has 6 nitrogen and oxygen atoms in total. The number of halogens is 1. The first kappa shape index (κ1) is 17.4. The molecule has 0 fully saturated rings. The number of carbonyl (C=O) groups excluding carboxylic acids is 1. The Morgan fingerprint density at radius 2 is 2.12 bits per heavy atom. The third kappa shape index (κ3) is 3.80. The maximum atomic E-state index is 12.6. The molecule has 0 aliphatic carbocycles. The highest BCUT2D eigenvalue weighted by Crippen LogP contribution is 2.23. The van der Waals surface area contributed by atoms with Gasteiger partial charge in [0.1, 0.15) is 5.56 Å². The number of H-pyrrole nitrogens is 1. The summed E-state index contributed by atoms with van der Waals surface area (Å²) in [6.45, 7) is 2.06. The van der Waals surface area contributed by atoms with Gasteiger partial charge in [-0.05, 0) is 52.0 Å². The van der Waals surface area contributed by atoms with Crippen LogP contribution in [0.15, 0.2) is 56.0 Å². The smallest absolute Gasteiger partial charge is 0.321 e. The second kappa shape index (κ2) is 7.20. The highest BCUT2D eigenvalue weighted by atomic mass is 79.9. The number of aryl methyl sites for hydroxylation is 1. The van der Waals surface area contributed by atoms with Crippen molar-refractivity contribution in [3.63, 3.8) is 0 Å². The fourth-order valence-corrected chi connectivity index (χ4v) is 3.57. The molecule has 0 saturated heterocycles. The van der Waals surface area contributed by atoms with Crippen LogP contribution in [0.1, 0.15) is 20.8 Å². The van der Waals surface area contributed by atoms with Crippen molar-refractivity contribution in [1.82, 2.24) is 9.55 Å². The van der Waals surface area contributed by atoms with E-state index in [2.05, 4.69) is 26.2 Å². The molecule has 128 valence electrons. The number of benzene rings is 1. The van der Waals surface area contributed by atoms with Gasteiger partial charge in [-0.3, -0.25) is 14.2 Å². The van der Waals surface area contributed by atoms with Gasteiger partial charge >= 0.3 is 5.69 Å². The maximum absolute atomic E-state index is 12.6. The molecule has 0 radical (unpaired) electrons. The summed E-state index contributed by atoms with van der Waals surface area (Å²) in [7, 11) is 0. The number of hydrogen-bond donors (Lipinski definition) is 2. The van der Waals surface area contributed by atoms with Crippen molar-refractivity contribution in [3.8, 4) is 0 Å². The molecule has 3 aromatic rings. The fourth-order valence-electron chi connectivity index (χ4n) is 2.29. The van der Waals surface area contributed by atoms with Gasteiger partial charge in [0.15, 0.2) is 0 Å². The highest BCUT2D eigenvalue weighted by molar-refractivity contribution is 9.10. The Balaban J connectivity index is 1.93. The molecule has 0 spiro atoms. The van der Waals surface area contributed by atoms with Gasteiger partial charge in [0, 0.05) is 15.5 Å². The quantitative estimate of drug-likeness (QED) is 0.681. The van der Waals surface area contributed by atoms with Gasteiger partial charge in [-0.25, -0.2) is 4.79 Å². The van der Waals surface area contributed by atoms with Crippen molar-refractivity contribution >= 4 is 38.9 Å². The first-order valence-corrected chi connectivity index (χ1v) is 9.05. The number of anilines is 1. The molecule has 3 rings (SSSR count). The molecule has 0 aliphatic rings. The number of nitrogens with zero attached hydrogens (tertiary/aromatic N) is 1. The SMILES string of the molecule is Cc1ccc(NC(=O)c2c[nH]c(=O)n(Cc3cccs3)c2=O)c(Br)c1. The molecule has 2 aromatic heterocycles. The van der Waals surface area contributed by atoms with E-state index in [1.165, 1.54) is 11.3 Å². The normalized spacial score (nSPS) is 10.6. The molecule has 8 heteroatoms. The van der Waals surface area contributed by atoms with Crippen LogP contribution in [0.4, 0.5) is 5.69 Å². The van der Waals surface area contributed by atoms with Crippen molar-refractivity contribution < 1.29 is 4.79 Å². The van der Waals surface area contributed by atoms with E-state index in [0.717, 1.165) is 21.2 Å². The van der Waals surface area contributed by atoms with E-state index in [0.29, 0.717) is 10.2 Å². The van der Waals surface area contributed by atoms with Crippen LogP contribution in [0.2, 0.25) is 0 Å². The summed E-state index contributed by atoms with van der Waals surface area (Å²) >= 11 is 4.81. The van der Waals surface area contributed by atoms with Crippen LogP contribution in [0.5, 0.6) is 0 Å². The van der Waals surface area contributed by atoms with Crippen molar-refractivity contribution in [2.24, 2.45) is 0 Å². The zero-order chi connectivity index (χ0) is 18.0. The summed E-state index contributed by atoms with van der Waals surface area (Å²) in [5.41, 5.74) is 0.284. The average Bonchev–Trinajstić information content (AvgIpc) is 3.07. The van der Waals surface area contributed by atoms with Gasteiger partial charge in [0.2, 0.25) is 0 Å². The molecule has 1 amide bonds. The summed E-state index contributed by atoms with van der Waals surface area (Å²) in [6.07, 6.45) is 1.15. The van der Waals surface area contributed by atoms with Gasteiger partial charge in [0.25, 0.3) is 11.5 Å². The summed E-state index contributed by atoms with van der Waals surface area (Å²) < 4.78 is 1.73. The predicted octanol–water partition coefficient (Wildman–Crippen LogP) is 2.97. The summed E-state index contributed by atoms with van der Waals surface area (Å²) in [6, 6.07) is 9.12. The zero-order valence-electron chi connectivity index (χ0n) is 13.2. The largest absolute Gasteiger partial charge is 0.328 e. The Kier molecular flexibility index (Phi) is 5.00. The zero-order valence-corrected chi connectivity index (χ0v) is 15.6. The van der Waals surface area contributed by atoms with Crippen LogP contribution in [-0.2, 0) is 6.54 Å². The van der Waals surface area contributed by atoms with Crippen LogP contribution in [0.25, 0.3) is 0 Å². The number of hydrogen-bond acceptors (Lipinski definition) is 4. The molecule has 0 aliphatic heterocycles. The first-order chi connectivity index (χ1) is 12.0. The lowest BCUT2D eigenvalue weighted by atomic mass is 10.2. The molecule has 25 heavy (non-hydrogen) atoms. The number of nitrogens with one attached hydrogen (secondary N) is 2. The number of aromatic amines is 1. The highest BCUT2D eigenvalue weighted by Gasteiger charge is 2.16. The minimum absolute atomic E-state index is 0.122. The lowest BCUT2D eigenvalue weighted by Gasteiger charge is -2.09. The first-order valence-electron chi connectivity index (χ1n) is 7.38. The standard InChI is InChI=1S/C17H14BrN3O3S/c1-10-4-5-14(13(18)7-10)20-15(22)12-8-19-17(24)21(16(12)23)9-11-3-2-6-25-11/h2-8H,9H2,1H3,(H,19,24)(H,20,22). The van der Waals surface area contributed by atoms with E-state index in [-0.39, 0.29) is 12.1 Å². The lowest BCUT2D eigenvalue weighted by Crippen LogP contribution is -2.39. The van der Waals surface area contributed by atoms with E-state index >= 15 is 0 Å². The van der Waals surface area contributed by atoms with Gasteiger partial charge < -0.3 is 10.3 Å². The van der Waals surface area contributed by atoms with E-state index in [4.69, 9.17) is 0 Å². The van der Waals surface area contributed by atoms with E-state index < -0.39 is 17.2 Å². The third-order valence-electron chi connectivity index (χ3n) is 3.57. The number of amides is 1. The molecule has 2 heterocycles. The second-order valence-electron chi connectivity index (χ2n) is 5.42. The summed E-state index contributed by atoms with van der Waals surface area (Å²) in [4.78, 5) is 40.3. The van der Waals surface area contributed by atoms with E-state index in [1.807, 2.05) is 36.6 Å². The number of carbonyl (C=O) groups is 1. The Labute approximate surface area is 155 Å². The Bertz CT molecular complexity index is 1040. The monoisotopic (exact) mass is 419 g/mol. The topological polar surface area (TPSA) is 84.0 Å². The fraction of sp³-hybridized carbons (Fsp3) is 0.118. The van der Waals surface area contributed by atoms with E-state index in [1.54, 1.807) is 6.07 Å². The van der Waals surface area contributed by atoms with Crippen LogP contribution in [0.3, 0.4) is 0 Å². The Hall–Kier alpha value is -2.45. The molecule has 0 saturated carbocycles. The van der Waals surface area contributed by atoms with E-state index in [9.17, 15) is 14.4 Å². The number of thiophene rings is 1. The van der Waals surface area contributed by atoms with Crippen molar-refractivity contribution in [2.45, 2.75) is 13.5 Å². The van der Waals surface area contributed by atoms with Crippen molar-refractivity contribution in [2.75, 3.05) is 5.32 Å². The Morgan fingerprint density at radius 3 is 2.80 bits per heavy atom. The van der Waals surface area contributed by atoms with Crippen LogP contribution >= 0.6 is 27.3 Å². The predicted molar refractivity (Wildman–Crippen MR) is 102 cm³/mol. The third-order valence-corrected chi connectivity index (χ3v) is 5.09. The molecule has 0 atom stereocenters. The molecular weight excluding hydrogens is 406 g/mol. The Morgan fingerprint density at radius 1 is 1.32 bits per heavy atom. The average molecular weight is 420 g/mol. The van der Waals surface area contributed by atoms with Crippen LogP contribution in [0, 0.1) is 6.92 Å². The van der Waals surface area contributed by atoms with Crippen LogP contribution in [-0.4, -0.2) is 15.5 Å². The van der Waals surface area contributed by atoms with Crippen molar-refractivity contribution in [1.29, 1.82) is 0 Å². The number of aromatic nitrogens is 2. The van der Waals surface area contributed by atoms with Gasteiger partial charge in [-0.1, -0.05) is 12.1 Å². The minimum Gasteiger partial charge on any atom is -0.321 e. The van der Waals surface area contributed by atoms with Crippen molar-refractivity contribution in [3.05, 3.63) is 83.2 Å². The van der Waals surface area contributed by atoms with Gasteiger partial charge in [0.05, 0.1) is 12.2 Å². The summed E-state index contributed by atoms with van der Waals surface area (Å²) in [5.74, 6) is -0.578. The molecule has 1 aromatic carbocycles. The van der Waals surface area contributed by atoms with Gasteiger partial charge in [-0.15, -0.1) is 11.3 Å². The molecule has 2 N–H and O–H groups in total. The minimum atomic E-state index is -0.627. The maximum Gasteiger partial charge on any atom is 0.328 e. The van der Waals surface area contributed by atoms with Gasteiger partial charge in [-0.2, -0.15) is 0 Å². The molecule has 0 unspecified atom stereocenters. The molecule has 0 bridgehead atoms.